The molecule has 82 valence electrons. The second kappa shape index (κ2) is 3.56. The molecule has 0 aliphatic heterocycles. The third-order valence-corrected chi connectivity index (χ3v) is 2.76. The summed E-state index contributed by atoms with van der Waals surface area (Å²) < 4.78 is 0.294. The van der Waals surface area contributed by atoms with E-state index in [0.29, 0.717) is 15.4 Å². The lowest BCUT2D eigenvalue weighted by molar-refractivity contribution is -0.385. The van der Waals surface area contributed by atoms with Crippen LogP contribution in [0.15, 0.2) is 21.7 Å². The first-order chi connectivity index (χ1) is 7.54. The van der Waals surface area contributed by atoms with Crippen LogP contribution in [0.25, 0.3) is 10.9 Å². The van der Waals surface area contributed by atoms with Crippen LogP contribution < -0.4 is 0 Å². The first-order valence-corrected chi connectivity index (χ1v) is 4.90. The molecular weight excluding hydrogens is 280 g/mol. The van der Waals surface area contributed by atoms with Gasteiger partial charge in [-0.25, -0.2) is 5.53 Å². The van der Waals surface area contributed by atoms with Gasteiger partial charge in [0.1, 0.15) is 0 Å². The second-order valence-electron chi connectivity index (χ2n) is 3.04. The quantitative estimate of drug-likeness (QED) is 0.447. The van der Waals surface area contributed by atoms with Crippen molar-refractivity contribution in [3.8, 4) is 5.88 Å². The average molecular weight is 285 g/mol. The molecule has 3 N–H and O–H groups in total. The van der Waals surface area contributed by atoms with E-state index in [2.05, 4.69) is 26.0 Å². The predicted molar refractivity (Wildman–Crippen MR) is 59.1 cm³/mol. The first-order valence-electron chi connectivity index (χ1n) is 4.10. The number of nitrogens with one attached hydrogen (secondary N) is 2. The van der Waals surface area contributed by atoms with Crippen LogP contribution in [0.4, 0.5) is 11.4 Å². The highest BCUT2D eigenvalue weighted by Crippen LogP contribution is 2.39. The number of hydrogen-bond donors (Lipinski definition) is 3. The highest BCUT2D eigenvalue weighted by Gasteiger charge is 2.18. The molecule has 0 saturated heterocycles. The van der Waals surface area contributed by atoms with Crippen LogP contribution in [0.3, 0.4) is 0 Å². The number of aromatic nitrogens is 1. The zero-order chi connectivity index (χ0) is 11.9. The molecule has 0 bridgehead atoms. The molecule has 0 amide bonds. The fourth-order valence-electron chi connectivity index (χ4n) is 1.43. The van der Waals surface area contributed by atoms with Crippen LogP contribution in [0.2, 0.25) is 0 Å². The summed E-state index contributed by atoms with van der Waals surface area (Å²) in [5.41, 5.74) is 7.20. The Morgan fingerprint density at radius 3 is 2.81 bits per heavy atom. The molecular formula is C8H5BrN4O3. The molecule has 0 saturated carbocycles. The summed E-state index contributed by atoms with van der Waals surface area (Å²) in [6, 6.07) is 2.71. The zero-order valence-electron chi connectivity index (χ0n) is 7.69. The van der Waals surface area contributed by atoms with Crippen LogP contribution >= 0.6 is 15.9 Å². The fraction of sp³-hybridized carbons (Fsp3) is 0. The Hall–Kier alpha value is -1.96. The van der Waals surface area contributed by atoms with Gasteiger partial charge in [-0.05, 0) is 22.0 Å². The number of nitrogens with zero attached hydrogens (tertiary/aromatic N) is 2. The molecule has 2 aromatic rings. The van der Waals surface area contributed by atoms with Gasteiger partial charge in [-0.1, -0.05) is 0 Å². The van der Waals surface area contributed by atoms with Crippen molar-refractivity contribution in [2.75, 3.05) is 0 Å². The standard InChI is InChI=1S/C8H5BrN4O3/c9-4-2-5-3(1-6(4)13(15)16)7(12-10)8(14)11-5/h1-2,10-11,14H. The lowest BCUT2D eigenvalue weighted by Crippen LogP contribution is -1.88. The van der Waals surface area contributed by atoms with Crippen molar-refractivity contribution >= 4 is 38.2 Å². The maximum Gasteiger partial charge on any atom is 0.284 e. The monoisotopic (exact) mass is 284 g/mol. The average Bonchev–Trinajstić information content (AvgIpc) is 2.50. The van der Waals surface area contributed by atoms with Crippen molar-refractivity contribution in [2.24, 2.45) is 5.11 Å². The van der Waals surface area contributed by atoms with Crippen LogP contribution in [0.1, 0.15) is 0 Å². The first kappa shape index (κ1) is 10.6. The Balaban J connectivity index is 2.85. The lowest BCUT2D eigenvalue weighted by atomic mass is 10.2. The van der Waals surface area contributed by atoms with Gasteiger partial charge < -0.3 is 10.1 Å². The van der Waals surface area contributed by atoms with Gasteiger partial charge in [0.25, 0.3) is 5.69 Å². The van der Waals surface area contributed by atoms with Gasteiger partial charge in [0.15, 0.2) is 5.69 Å². The molecule has 0 atom stereocenters. The van der Waals surface area contributed by atoms with Crippen molar-refractivity contribution in [1.29, 1.82) is 5.53 Å². The Kier molecular flexibility index (Phi) is 2.35. The SMILES string of the molecule is N=Nc1c(O)[nH]c2cc(Br)c([N+](=O)[O-])cc12. The molecule has 2 rings (SSSR count). The van der Waals surface area contributed by atoms with E-state index >= 15 is 0 Å². The van der Waals surface area contributed by atoms with E-state index in [1.807, 2.05) is 0 Å². The number of rotatable bonds is 2. The number of halogens is 1. The maximum absolute atomic E-state index is 10.7. The largest absolute Gasteiger partial charge is 0.493 e. The van der Waals surface area contributed by atoms with E-state index in [4.69, 9.17) is 5.53 Å². The smallest absolute Gasteiger partial charge is 0.284 e. The number of nitro groups is 1. The number of nitro benzene ring substituents is 1. The summed E-state index contributed by atoms with van der Waals surface area (Å²) in [5.74, 6) is -0.280. The molecule has 0 spiro atoms. The molecule has 8 heteroatoms. The van der Waals surface area contributed by atoms with Gasteiger partial charge >= 0.3 is 0 Å². The van der Waals surface area contributed by atoms with Crippen LogP contribution in [-0.2, 0) is 0 Å². The van der Waals surface area contributed by atoms with Crippen LogP contribution in [0, 0.1) is 15.6 Å². The third-order valence-electron chi connectivity index (χ3n) is 2.13. The molecule has 1 aromatic heterocycles. The Morgan fingerprint density at radius 2 is 2.25 bits per heavy atom. The topological polar surface area (TPSA) is 115 Å². The molecule has 0 aliphatic carbocycles. The highest BCUT2D eigenvalue weighted by molar-refractivity contribution is 9.10. The minimum atomic E-state index is -0.554. The summed E-state index contributed by atoms with van der Waals surface area (Å²) in [6.45, 7) is 0. The van der Waals surface area contributed by atoms with E-state index in [1.165, 1.54) is 12.1 Å². The van der Waals surface area contributed by atoms with E-state index in [0.717, 1.165) is 0 Å². The normalized spacial score (nSPS) is 10.6. The van der Waals surface area contributed by atoms with Crippen LogP contribution in [0.5, 0.6) is 5.88 Å². The summed E-state index contributed by atoms with van der Waals surface area (Å²) >= 11 is 3.05. The summed E-state index contributed by atoms with van der Waals surface area (Å²) in [4.78, 5) is 12.7. The van der Waals surface area contributed by atoms with Crippen molar-refractivity contribution < 1.29 is 10.0 Å². The van der Waals surface area contributed by atoms with Crippen molar-refractivity contribution in [3.05, 3.63) is 26.7 Å². The minimum Gasteiger partial charge on any atom is -0.493 e. The fourth-order valence-corrected chi connectivity index (χ4v) is 1.92. The number of benzene rings is 1. The van der Waals surface area contributed by atoms with Gasteiger partial charge in [-0.3, -0.25) is 10.1 Å². The molecule has 0 aliphatic rings. The number of aromatic hydroxyl groups is 1. The molecule has 16 heavy (non-hydrogen) atoms. The summed E-state index contributed by atoms with van der Waals surface area (Å²) in [7, 11) is 0. The molecule has 0 fully saturated rings. The minimum absolute atomic E-state index is 0.00870. The van der Waals surface area contributed by atoms with Crippen LogP contribution in [-0.4, -0.2) is 15.0 Å². The molecule has 0 radical (unpaired) electrons. The van der Waals surface area contributed by atoms with Gasteiger partial charge in [0.05, 0.1) is 14.9 Å². The number of fused-ring (bicyclic) bond motifs is 1. The Bertz CT molecular complexity index is 607. The molecule has 1 heterocycles. The van der Waals surface area contributed by atoms with Crippen molar-refractivity contribution in [3.63, 3.8) is 0 Å². The summed E-state index contributed by atoms with van der Waals surface area (Å²) in [6.07, 6.45) is 0. The second-order valence-corrected chi connectivity index (χ2v) is 3.89. The highest BCUT2D eigenvalue weighted by atomic mass is 79.9. The number of H-pyrrole nitrogens is 1. The van der Waals surface area contributed by atoms with E-state index in [9.17, 15) is 15.2 Å². The van der Waals surface area contributed by atoms with Gasteiger partial charge in [0.2, 0.25) is 5.88 Å². The third kappa shape index (κ3) is 1.43. The van der Waals surface area contributed by atoms with Gasteiger partial charge in [-0.2, -0.15) is 5.11 Å². The van der Waals surface area contributed by atoms with Gasteiger partial charge in [0, 0.05) is 11.5 Å². The Morgan fingerprint density at radius 1 is 1.56 bits per heavy atom. The van der Waals surface area contributed by atoms with Crippen molar-refractivity contribution in [2.45, 2.75) is 0 Å². The van der Waals surface area contributed by atoms with E-state index < -0.39 is 4.92 Å². The van der Waals surface area contributed by atoms with E-state index in [-0.39, 0.29) is 17.3 Å². The van der Waals surface area contributed by atoms with Crippen molar-refractivity contribution in [1.82, 2.24) is 4.98 Å². The number of aromatic amines is 1. The number of hydrogen-bond acceptors (Lipinski definition) is 5. The van der Waals surface area contributed by atoms with E-state index in [1.54, 1.807) is 0 Å². The lowest BCUT2D eigenvalue weighted by Gasteiger charge is -1.95. The molecule has 7 nitrogen and oxygen atoms in total. The maximum atomic E-state index is 10.7. The predicted octanol–water partition coefficient (Wildman–Crippen LogP) is 3.21. The molecule has 1 aromatic carbocycles. The summed E-state index contributed by atoms with van der Waals surface area (Å²) in [5, 5.41) is 23.6. The molecule has 0 unspecified atom stereocenters. The van der Waals surface area contributed by atoms with Gasteiger partial charge in [-0.15, -0.1) is 0 Å². The zero-order valence-corrected chi connectivity index (χ0v) is 9.28. The Labute approximate surface area is 96.9 Å².